The van der Waals surface area contributed by atoms with Gasteiger partial charge in [0.25, 0.3) is 0 Å². The van der Waals surface area contributed by atoms with Crippen molar-refractivity contribution in [3.8, 4) is 0 Å². The van der Waals surface area contributed by atoms with Crippen molar-refractivity contribution in [1.29, 1.82) is 0 Å². The van der Waals surface area contributed by atoms with Crippen LogP contribution in [0.3, 0.4) is 0 Å². The number of aryl methyl sites for hydroxylation is 1. The molecule has 0 aliphatic carbocycles. The Morgan fingerprint density at radius 1 is 1.41 bits per heavy atom. The predicted octanol–water partition coefficient (Wildman–Crippen LogP) is 3.40. The second-order valence-electron chi connectivity index (χ2n) is 3.73. The lowest BCUT2D eigenvalue weighted by atomic mass is 10.0. The molecule has 0 radical (unpaired) electrons. The van der Waals surface area contributed by atoms with Crippen molar-refractivity contribution in [3.63, 3.8) is 0 Å². The lowest BCUT2D eigenvalue weighted by Crippen LogP contribution is -2.29. The first-order chi connectivity index (χ1) is 8.13. The molecule has 1 aromatic carbocycles. The van der Waals surface area contributed by atoms with E-state index in [0.717, 1.165) is 16.0 Å². The maximum Gasteiger partial charge on any atom is 0.123 e. The van der Waals surface area contributed by atoms with Crippen molar-refractivity contribution in [2.45, 2.75) is 13.0 Å². The van der Waals surface area contributed by atoms with Crippen molar-refractivity contribution in [2.75, 3.05) is 0 Å². The van der Waals surface area contributed by atoms with Gasteiger partial charge in [-0.1, -0.05) is 17.7 Å². The number of thiophene rings is 1. The Morgan fingerprint density at radius 2 is 2.18 bits per heavy atom. The van der Waals surface area contributed by atoms with E-state index in [1.807, 2.05) is 12.3 Å². The molecule has 0 saturated heterocycles. The van der Waals surface area contributed by atoms with Crippen LogP contribution < -0.4 is 11.3 Å². The number of hydrazine groups is 1. The maximum absolute atomic E-state index is 13.3. The molecule has 0 amide bonds. The van der Waals surface area contributed by atoms with Gasteiger partial charge in [0.2, 0.25) is 0 Å². The molecule has 2 nitrogen and oxygen atoms in total. The van der Waals surface area contributed by atoms with Crippen molar-refractivity contribution in [1.82, 2.24) is 5.43 Å². The van der Waals surface area contributed by atoms with E-state index < -0.39 is 0 Å². The van der Waals surface area contributed by atoms with Gasteiger partial charge >= 0.3 is 0 Å². The second kappa shape index (κ2) is 5.14. The van der Waals surface area contributed by atoms with Crippen LogP contribution in [0.1, 0.15) is 22.0 Å². The summed E-state index contributed by atoms with van der Waals surface area (Å²) in [7, 11) is 0. The standard InChI is InChI=1S/C12H12ClFN2S/c1-7-2-3-8(14)6-9(7)11(16-15)12-10(13)4-5-17-12/h2-6,11,16H,15H2,1H3. The number of hydrogen-bond acceptors (Lipinski definition) is 3. The zero-order valence-electron chi connectivity index (χ0n) is 9.21. The van der Waals surface area contributed by atoms with Crippen LogP contribution in [0.2, 0.25) is 5.02 Å². The van der Waals surface area contributed by atoms with Crippen LogP contribution >= 0.6 is 22.9 Å². The molecule has 1 atom stereocenters. The van der Waals surface area contributed by atoms with Crippen molar-refractivity contribution < 1.29 is 4.39 Å². The highest BCUT2D eigenvalue weighted by atomic mass is 35.5. The topological polar surface area (TPSA) is 38.0 Å². The highest BCUT2D eigenvalue weighted by Crippen LogP contribution is 2.33. The largest absolute Gasteiger partial charge is 0.271 e. The molecule has 2 aromatic rings. The van der Waals surface area contributed by atoms with Crippen LogP contribution in [0, 0.1) is 12.7 Å². The molecular weight excluding hydrogens is 259 g/mol. The van der Waals surface area contributed by atoms with Crippen LogP contribution in [0.15, 0.2) is 29.6 Å². The summed E-state index contributed by atoms with van der Waals surface area (Å²) < 4.78 is 13.3. The van der Waals surface area contributed by atoms with Gasteiger partial charge in [-0.15, -0.1) is 11.3 Å². The van der Waals surface area contributed by atoms with Crippen LogP contribution in [0.5, 0.6) is 0 Å². The zero-order chi connectivity index (χ0) is 12.4. The molecule has 5 heteroatoms. The SMILES string of the molecule is Cc1ccc(F)cc1C(NN)c1sccc1Cl. The average molecular weight is 271 g/mol. The lowest BCUT2D eigenvalue weighted by Gasteiger charge is -2.17. The predicted molar refractivity (Wildman–Crippen MR) is 69.6 cm³/mol. The van der Waals surface area contributed by atoms with E-state index in [-0.39, 0.29) is 11.9 Å². The van der Waals surface area contributed by atoms with Gasteiger partial charge in [0.05, 0.1) is 11.1 Å². The van der Waals surface area contributed by atoms with Crippen LogP contribution in [0.25, 0.3) is 0 Å². The van der Waals surface area contributed by atoms with Gasteiger partial charge < -0.3 is 0 Å². The summed E-state index contributed by atoms with van der Waals surface area (Å²) >= 11 is 7.57. The van der Waals surface area contributed by atoms with Gasteiger partial charge in [-0.3, -0.25) is 5.84 Å². The summed E-state index contributed by atoms with van der Waals surface area (Å²) in [5, 5.41) is 2.53. The quantitative estimate of drug-likeness (QED) is 0.663. The molecule has 0 bridgehead atoms. The molecule has 90 valence electrons. The number of halogens is 2. The van der Waals surface area contributed by atoms with Crippen LogP contribution in [-0.4, -0.2) is 0 Å². The fourth-order valence-corrected chi connectivity index (χ4v) is 2.98. The summed E-state index contributed by atoms with van der Waals surface area (Å²) in [4.78, 5) is 0.892. The van der Waals surface area contributed by atoms with E-state index in [1.54, 1.807) is 12.1 Å². The third-order valence-corrected chi connectivity index (χ3v) is 4.05. The van der Waals surface area contributed by atoms with Gasteiger partial charge in [0.1, 0.15) is 5.82 Å². The van der Waals surface area contributed by atoms with Crippen LogP contribution in [-0.2, 0) is 0 Å². The van der Waals surface area contributed by atoms with Crippen molar-refractivity contribution >= 4 is 22.9 Å². The number of benzene rings is 1. The first-order valence-corrected chi connectivity index (χ1v) is 6.34. The Morgan fingerprint density at radius 3 is 2.76 bits per heavy atom. The maximum atomic E-state index is 13.3. The Labute approximate surface area is 108 Å². The lowest BCUT2D eigenvalue weighted by molar-refractivity contribution is 0.606. The third-order valence-electron chi connectivity index (χ3n) is 2.63. The monoisotopic (exact) mass is 270 g/mol. The Balaban J connectivity index is 2.49. The Bertz CT molecular complexity index is 527. The van der Waals surface area contributed by atoms with E-state index in [1.165, 1.54) is 23.5 Å². The van der Waals surface area contributed by atoms with E-state index in [9.17, 15) is 4.39 Å². The summed E-state index contributed by atoms with van der Waals surface area (Å²) in [6.07, 6.45) is 0. The minimum absolute atomic E-state index is 0.279. The first kappa shape index (κ1) is 12.5. The van der Waals surface area contributed by atoms with Crippen molar-refractivity contribution in [2.24, 2.45) is 5.84 Å². The van der Waals surface area contributed by atoms with E-state index in [0.29, 0.717) is 5.02 Å². The molecule has 1 unspecified atom stereocenters. The fourth-order valence-electron chi connectivity index (χ4n) is 1.74. The van der Waals surface area contributed by atoms with Crippen LogP contribution in [0.4, 0.5) is 4.39 Å². The Kier molecular flexibility index (Phi) is 3.79. The van der Waals surface area contributed by atoms with E-state index >= 15 is 0 Å². The molecule has 0 spiro atoms. The zero-order valence-corrected chi connectivity index (χ0v) is 10.8. The molecule has 17 heavy (non-hydrogen) atoms. The normalized spacial score (nSPS) is 12.7. The van der Waals surface area contributed by atoms with Crippen molar-refractivity contribution in [3.05, 3.63) is 56.5 Å². The van der Waals surface area contributed by atoms with E-state index in [4.69, 9.17) is 17.4 Å². The van der Waals surface area contributed by atoms with Gasteiger partial charge in [0.15, 0.2) is 0 Å². The molecule has 3 N–H and O–H groups in total. The molecular formula is C12H12ClFN2S. The Hall–Kier alpha value is -0.940. The molecule has 0 aliphatic heterocycles. The minimum Gasteiger partial charge on any atom is -0.271 e. The number of nitrogens with one attached hydrogen (secondary N) is 1. The highest BCUT2D eigenvalue weighted by molar-refractivity contribution is 7.10. The second-order valence-corrected chi connectivity index (χ2v) is 5.09. The first-order valence-electron chi connectivity index (χ1n) is 5.08. The summed E-state index contributed by atoms with van der Waals surface area (Å²) in [5.41, 5.74) is 4.46. The fraction of sp³-hybridized carbons (Fsp3) is 0.167. The minimum atomic E-state index is -0.279. The summed E-state index contributed by atoms with van der Waals surface area (Å²) in [5.74, 6) is 5.28. The number of nitrogens with two attached hydrogens (primary N) is 1. The number of rotatable bonds is 3. The molecule has 0 saturated carbocycles. The molecule has 1 aromatic heterocycles. The third kappa shape index (κ3) is 2.50. The van der Waals surface area contributed by atoms with E-state index in [2.05, 4.69) is 5.43 Å². The highest BCUT2D eigenvalue weighted by Gasteiger charge is 2.19. The van der Waals surface area contributed by atoms with Gasteiger partial charge in [-0.25, -0.2) is 9.82 Å². The number of hydrogen-bond donors (Lipinski definition) is 2. The molecule has 1 heterocycles. The van der Waals surface area contributed by atoms with Gasteiger partial charge in [-0.05, 0) is 41.6 Å². The molecule has 2 rings (SSSR count). The summed E-state index contributed by atoms with van der Waals surface area (Å²) in [6, 6.07) is 6.17. The smallest absolute Gasteiger partial charge is 0.123 e. The molecule has 0 aliphatic rings. The molecule has 0 fully saturated rings. The average Bonchev–Trinajstić information content (AvgIpc) is 2.71. The summed E-state index contributed by atoms with van der Waals surface area (Å²) in [6.45, 7) is 1.92. The van der Waals surface area contributed by atoms with Gasteiger partial charge in [-0.2, -0.15) is 0 Å². The van der Waals surface area contributed by atoms with Gasteiger partial charge in [0, 0.05) is 4.88 Å².